The number of benzene rings is 1. The van der Waals surface area contributed by atoms with E-state index in [-0.39, 0.29) is 25.4 Å². The zero-order chi connectivity index (χ0) is 14.6. The number of fused-ring (bicyclic) bond motifs is 1. The lowest BCUT2D eigenvalue weighted by atomic mass is 10.1. The first-order valence-electron chi connectivity index (χ1n) is 6.22. The second-order valence-corrected chi connectivity index (χ2v) is 6.39. The third-order valence-electron chi connectivity index (χ3n) is 2.84. The van der Waals surface area contributed by atoms with Gasteiger partial charge in [0.1, 0.15) is 0 Å². The standard InChI is InChI=1S/C13H17N3O3S/c1-20(18,19)16-7-6-14-13(17)8-10-9-15-12-5-3-2-4-11(10)12/h2-5,9,15-16H,6-8H2,1H3,(H,14,17). The molecule has 0 radical (unpaired) electrons. The predicted octanol–water partition coefficient (Wildman–Crippen LogP) is 0.376. The van der Waals surface area contributed by atoms with Crippen molar-refractivity contribution in [2.24, 2.45) is 0 Å². The van der Waals surface area contributed by atoms with Gasteiger partial charge in [-0.05, 0) is 11.6 Å². The minimum atomic E-state index is -3.21. The summed E-state index contributed by atoms with van der Waals surface area (Å²) in [6.45, 7) is 0.465. The third kappa shape index (κ3) is 4.07. The second-order valence-electron chi connectivity index (χ2n) is 4.55. The van der Waals surface area contributed by atoms with E-state index in [1.807, 2.05) is 30.5 Å². The van der Waals surface area contributed by atoms with E-state index in [0.717, 1.165) is 22.7 Å². The molecule has 0 aliphatic carbocycles. The van der Waals surface area contributed by atoms with Crippen LogP contribution in [0.15, 0.2) is 30.5 Å². The van der Waals surface area contributed by atoms with Crippen LogP contribution in [-0.2, 0) is 21.2 Å². The second kappa shape index (κ2) is 6.06. The predicted molar refractivity (Wildman–Crippen MR) is 77.9 cm³/mol. The first-order valence-corrected chi connectivity index (χ1v) is 8.11. The summed E-state index contributed by atoms with van der Waals surface area (Å²) >= 11 is 0. The van der Waals surface area contributed by atoms with Crippen LogP contribution in [0.4, 0.5) is 0 Å². The number of sulfonamides is 1. The van der Waals surface area contributed by atoms with Gasteiger partial charge in [-0.15, -0.1) is 0 Å². The fourth-order valence-electron chi connectivity index (χ4n) is 1.95. The molecular weight excluding hydrogens is 278 g/mol. The number of rotatable bonds is 6. The molecule has 0 aliphatic heterocycles. The molecule has 2 rings (SSSR count). The number of aromatic amines is 1. The number of carbonyl (C=O) groups excluding carboxylic acids is 1. The zero-order valence-electron chi connectivity index (χ0n) is 11.1. The lowest BCUT2D eigenvalue weighted by molar-refractivity contribution is -0.120. The molecule has 0 fully saturated rings. The molecule has 20 heavy (non-hydrogen) atoms. The molecule has 0 atom stereocenters. The number of para-hydroxylation sites is 1. The summed E-state index contributed by atoms with van der Waals surface area (Å²) in [5.41, 5.74) is 1.92. The van der Waals surface area contributed by atoms with Gasteiger partial charge in [0.25, 0.3) is 0 Å². The molecule has 2 aromatic rings. The maximum absolute atomic E-state index is 11.8. The van der Waals surface area contributed by atoms with Gasteiger partial charge < -0.3 is 10.3 Å². The number of hydrogen-bond acceptors (Lipinski definition) is 3. The van der Waals surface area contributed by atoms with Crippen molar-refractivity contribution in [3.05, 3.63) is 36.0 Å². The van der Waals surface area contributed by atoms with Crippen molar-refractivity contribution in [2.45, 2.75) is 6.42 Å². The highest BCUT2D eigenvalue weighted by atomic mass is 32.2. The van der Waals surface area contributed by atoms with Gasteiger partial charge in [0, 0.05) is 30.2 Å². The van der Waals surface area contributed by atoms with Crippen LogP contribution >= 0.6 is 0 Å². The molecule has 1 amide bonds. The van der Waals surface area contributed by atoms with E-state index in [2.05, 4.69) is 15.0 Å². The fraction of sp³-hybridized carbons (Fsp3) is 0.308. The Labute approximate surface area is 117 Å². The van der Waals surface area contributed by atoms with Crippen molar-refractivity contribution >= 4 is 26.8 Å². The van der Waals surface area contributed by atoms with Crippen LogP contribution in [0.2, 0.25) is 0 Å². The van der Waals surface area contributed by atoms with E-state index in [1.165, 1.54) is 0 Å². The normalized spacial score (nSPS) is 11.7. The average Bonchev–Trinajstić information content (AvgIpc) is 2.77. The average molecular weight is 295 g/mol. The Morgan fingerprint density at radius 3 is 2.75 bits per heavy atom. The van der Waals surface area contributed by atoms with Crippen LogP contribution < -0.4 is 10.0 Å². The van der Waals surface area contributed by atoms with Crippen molar-refractivity contribution in [3.63, 3.8) is 0 Å². The van der Waals surface area contributed by atoms with E-state index < -0.39 is 10.0 Å². The molecule has 108 valence electrons. The Hall–Kier alpha value is -1.86. The maximum atomic E-state index is 11.8. The summed E-state index contributed by atoms with van der Waals surface area (Å²) < 4.78 is 24.0. The van der Waals surface area contributed by atoms with Crippen LogP contribution in [-0.4, -0.2) is 38.7 Å². The minimum Gasteiger partial charge on any atom is -0.361 e. The highest BCUT2D eigenvalue weighted by molar-refractivity contribution is 7.88. The van der Waals surface area contributed by atoms with Crippen molar-refractivity contribution in [1.29, 1.82) is 0 Å². The van der Waals surface area contributed by atoms with Crippen molar-refractivity contribution in [1.82, 2.24) is 15.0 Å². The Balaban J connectivity index is 1.86. The number of nitrogens with one attached hydrogen (secondary N) is 3. The fourth-order valence-corrected chi connectivity index (χ4v) is 2.42. The summed E-state index contributed by atoms with van der Waals surface area (Å²) in [5, 5.41) is 3.70. The molecule has 1 aromatic heterocycles. The number of hydrogen-bond donors (Lipinski definition) is 3. The molecule has 0 saturated heterocycles. The monoisotopic (exact) mass is 295 g/mol. The quantitative estimate of drug-likeness (QED) is 0.673. The number of carbonyl (C=O) groups is 1. The summed E-state index contributed by atoms with van der Waals surface area (Å²) in [6, 6.07) is 7.76. The van der Waals surface area contributed by atoms with Crippen LogP contribution in [0.1, 0.15) is 5.56 Å². The number of H-pyrrole nitrogens is 1. The largest absolute Gasteiger partial charge is 0.361 e. The van der Waals surface area contributed by atoms with Crippen LogP contribution in [0.3, 0.4) is 0 Å². The van der Waals surface area contributed by atoms with Gasteiger partial charge in [-0.1, -0.05) is 18.2 Å². The van der Waals surface area contributed by atoms with E-state index in [0.29, 0.717) is 0 Å². The summed E-state index contributed by atoms with van der Waals surface area (Å²) in [4.78, 5) is 14.9. The van der Waals surface area contributed by atoms with Gasteiger partial charge >= 0.3 is 0 Å². The molecule has 1 heterocycles. The van der Waals surface area contributed by atoms with Crippen molar-refractivity contribution in [2.75, 3.05) is 19.3 Å². The Bertz CT molecular complexity index is 706. The zero-order valence-corrected chi connectivity index (χ0v) is 12.0. The molecule has 0 bridgehead atoms. The lowest BCUT2D eigenvalue weighted by Gasteiger charge is -2.05. The summed E-state index contributed by atoms with van der Waals surface area (Å²) in [7, 11) is -3.21. The van der Waals surface area contributed by atoms with Gasteiger partial charge in [0.2, 0.25) is 15.9 Å². The SMILES string of the molecule is CS(=O)(=O)NCCNC(=O)Cc1c[nH]c2ccccc12. The van der Waals surface area contributed by atoms with E-state index >= 15 is 0 Å². The number of aromatic nitrogens is 1. The first-order chi connectivity index (χ1) is 9.46. The molecule has 0 aliphatic rings. The van der Waals surface area contributed by atoms with Gasteiger partial charge in [0.05, 0.1) is 12.7 Å². The highest BCUT2D eigenvalue weighted by Gasteiger charge is 2.08. The van der Waals surface area contributed by atoms with E-state index in [4.69, 9.17) is 0 Å². The molecular formula is C13H17N3O3S. The molecule has 1 aromatic carbocycles. The van der Waals surface area contributed by atoms with Crippen LogP contribution in [0, 0.1) is 0 Å². The molecule has 0 unspecified atom stereocenters. The van der Waals surface area contributed by atoms with E-state index in [1.54, 1.807) is 0 Å². The molecule has 3 N–H and O–H groups in total. The van der Waals surface area contributed by atoms with Gasteiger partial charge in [-0.3, -0.25) is 4.79 Å². The molecule has 7 heteroatoms. The van der Waals surface area contributed by atoms with Crippen LogP contribution in [0.25, 0.3) is 10.9 Å². The maximum Gasteiger partial charge on any atom is 0.224 e. The molecule has 0 saturated carbocycles. The molecule has 0 spiro atoms. The van der Waals surface area contributed by atoms with E-state index in [9.17, 15) is 13.2 Å². The van der Waals surface area contributed by atoms with Crippen molar-refractivity contribution < 1.29 is 13.2 Å². The van der Waals surface area contributed by atoms with Crippen molar-refractivity contribution in [3.8, 4) is 0 Å². The van der Waals surface area contributed by atoms with Crippen LogP contribution in [0.5, 0.6) is 0 Å². The Morgan fingerprint density at radius 2 is 2.00 bits per heavy atom. The topological polar surface area (TPSA) is 91.1 Å². The lowest BCUT2D eigenvalue weighted by Crippen LogP contribution is -2.34. The van der Waals surface area contributed by atoms with Gasteiger partial charge in [-0.2, -0.15) is 0 Å². The first kappa shape index (κ1) is 14.5. The molecule has 6 nitrogen and oxygen atoms in total. The van der Waals surface area contributed by atoms with Gasteiger partial charge in [-0.25, -0.2) is 13.1 Å². The third-order valence-corrected chi connectivity index (χ3v) is 3.57. The Morgan fingerprint density at radius 1 is 1.25 bits per heavy atom. The minimum absolute atomic E-state index is 0.134. The highest BCUT2D eigenvalue weighted by Crippen LogP contribution is 2.17. The Kier molecular flexibility index (Phi) is 4.41. The smallest absolute Gasteiger partial charge is 0.224 e. The summed E-state index contributed by atoms with van der Waals surface area (Å²) in [6.07, 6.45) is 3.17. The van der Waals surface area contributed by atoms with Gasteiger partial charge in [0.15, 0.2) is 0 Å². The summed E-state index contributed by atoms with van der Waals surface area (Å²) in [5.74, 6) is -0.134. The number of amides is 1.